The SMILES string of the molecule is COc1ccc(S(=O)(=O)N(Cc2ccc3c(c2)OCO3)[C@H](CCCNC(=O)OCc2ccccc2)C(=O)NO)cc1. The van der Waals surface area contributed by atoms with Crippen molar-refractivity contribution < 1.29 is 42.2 Å². The number of hydroxylamine groups is 1. The van der Waals surface area contributed by atoms with Crippen molar-refractivity contribution in [1.82, 2.24) is 15.1 Å². The zero-order chi connectivity index (χ0) is 29.2. The molecule has 218 valence electrons. The quantitative estimate of drug-likeness (QED) is 0.156. The lowest BCUT2D eigenvalue weighted by molar-refractivity contribution is -0.133. The number of alkyl carbamates (subject to hydrolysis) is 1. The van der Waals surface area contributed by atoms with E-state index >= 15 is 0 Å². The second kappa shape index (κ2) is 13.8. The minimum absolute atomic E-state index is 0.0225. The fourth-order valence-corrected chi connectivity index (χ4v) is 5.81. The number of fused-ring (bicyclic) bond motifs is 1. The van der Waals surface area contributed by atoms with E-state index in [9.17, 15) is 23.2 Å². The number of carbonyl (C=O) groups is 2. The van der Waals surface area contributed by atoms with Gasteiger partial charge in [0.15, 0.2) is 11.5 Å². The van der Waals surface area contributed by atoms with Gasteiger partial charge in [-0.25, -0.2) is 18.7 Å². The summed E-state index contributed by atoms with van der Waals surface area (Å²) in [5, 5.41) is 12.1. The van der Waals surface area contributed by atoms with Crippen LogP contribution in [0.1, 0.15) is 24.0 Å². The Morgan fingerprint density at radius 3 is 2.44 bits per heavy atom. The van der Waals surface area contributed by atoms with Crippen LogP contribution in [0.25, 0.3) is 0 Å². The minimum Gasteiger partial charge on any atom is -0.497 e. The normalized spacial score (nSPS) is 13.0. The van der Waals surface area contributed by atoms with E-state index in [2.05, 4.69) is 5.32 Å². The van der Waals surface area contributed by atoms with Gasteiger partial charge in [0.2, 0.25) is 16.8 Å². The number of amides is 2. The fourth-order valence-electron chi connectivity index (χ4n) is 4.21. The lowest BCUT2D eigenvalue weighted by Crippen LogP contribution is -2.48. The largest absolute Gasteiger partial charge is 0.497 e. The Morgan fingerprint density at radius 1 is 1.00 bits per heavy atom. The molecule has 3 aromatic rings. The van der Waals surface area contributed by atoms with Gasteiger partial charge in [-0.05, 0) is 60.4 Å². The van der Waals surface area contributed by atoms with Gasteiger partial charge < -0.3 is 24.3 Å². The first-order chi connectivity index (χ1) is 19.8. The lowest BCUT2D eigenvalue weighted by atomic mass is 10.1. The van der Waals surface area contributed by atoms with E-state index in [0.717, 1.165) is 9.87 Å². The molecule has 0 bridgehead atoms. The number of hydrogen-bond donors (Lipinski definition) is 3. The predicted molar refractivity (Wildman–Crippen MR) is 146 cm³/mol. The Kier molecular flexibility index (Phi) is 10.0. The molecule has 13 heteroatoms. The van der Waals surface area contributed by atoms with Gasteiger partial charge in [0.1, 0.15) is 18.4 Å². The first-order valence-electron chi connectivity index (χ1n) is 12.7. The third-order valence-corrected chi connectivity index (χ3v) is 8.21. The average molecular weight is 586 g/mol. The van der Waals surface area contributed by atoms with E-state index in [1.807, 2.05) is 30.3 Å². The van der Waals surface area contributed by atoms with Crippen LogP contribution in [0.2, 0.25) is 0 Å². The molecule has 2 amide bonds. The summed E-state index contributed by atoms with van der Waals surface area (Å²) < 4.78 is 49.8. The monoisotopic (exact) mass is 585 g/mol. The molecule has 0 radical (unpaired) electrons. The van der Waals surface area contributed by atoms with Crippen molar-refractivity contribution in [2.75, 3.05) is 20.4 Å². The van der Waals surface area contributed by atoms with Crippen LogP contribution in [0.4, 0.5) is 4.79 Å². The summed E-state index contributed by atoms with van der Waals surface area (Å²) in [7, 11) is -2.80. The highest BCUT2D eigenvalue weighted by atomic mass is 32.2. The van der Waals surface area contributed by atoms with Crippen LogP contribution in [0.3, 0.4) is 0 Å². The molecule has 0 saturated carbocycles. The van der Waals surface area contributed by atoms with Gasteiger partial charge in [0.25, 0.3) is 5.91 Å². The molecule has 1 aliphatic heterocycles. The molecule has 0 aliphatic carbocycles. The number of benzene rings is 3. The molecule has 3 N–H and O–H groups in total. The highest BCUT2D eigenvalue weighted by Gasteiger charge is 2.36. The summed E-state index contributed by atoms with van der Waals surface area (Å²) in [5.74, 6) is 0.509. The van der Waals surface area contributed by atoms with E-state index in [4.69, 9.17) is 18.9 Å². The first-order valence-corrected chi connectivity index (χ1v) is 14.2. The van der Waals surface area contributed by atoms with Crippen LogP contribution < -0.4 is 25.0 Å². The first kappa shape index (κ1) is 29.6. The Bertz CT molecular complexity index is 1430. The number of nitrogens with zero attached hydrogens (tertiary/aromatic N) is 1. The number of sulfonamides is 1. The van der Waals surface area contributed by atoms with E-state index in [-0.39, 0.29) is 44.2 Å². The molecule has 0 saturated heterocycles. The highest BCUT2D eigenvalue weighted by molar-refractivity contribution is 7.89. The maximum Gasteiger partial charge on any atom is 0.407 e. The molecule has 0 spiro atoms. The van der Waals surface area contributed by atoms with Gasteiger partial charge in [0, 0.05) is 13.1 Å². The molecule has 1 atom stereocenters. The van der Waals surface area contributed by atoms with Gasteiger partial charge >= 0.3 is 6.09 Å². The predicted octanol–water partition coefficient (Wildman–Crippen LogP) is 3.20. The van der Waals surface area contributed by atoms with Gasteiger partial charge in [-0.3, -0.25) is 10.0 Å². The van der Waals surface area contributed by atoms with Crippen molar-refractivity contribution in [3.63, 3.8) is 0 Å². The third kappa shape index (κ3) is 7.66. The summed E-state index contributed by atoms with van der Waals surface area (Å²) in [5.41, 5.74) is 2.94. The van der Waals surface area contributed by atoms with Crippen molar-refractivity contribution in [3.05, 3.63) is 83.9 Å². The van der Waals surface area contributed by atoms with Crippen molar-refractivity contribution in [1.29, 1.82) is 0 Å². The van der Waals surface area contributed by atoms with Crippen molar-refractivity contribution in [2.24, 2.45) is 0 Å². The molecule has 0 fully saturated rings. The molecule has 12 nitrogen and oxygen atoms in total. The fraction of sp³-hybridized carbons (Fsp3) is 0.286. The van der Waals surface area contributed by atoms with E-state index in [1.165, 1.54) is 31.4 Å². The van der Waals surface area contributed by atoms with Crippen LogP contribution in [-0.2, 0) is 32.7 Å². The number of nitrogens with one attached hydrogen (secondary N) is 2. The summed E-state index contributed by atoms with van der Waals surface area (Å²) in [6.45, 7) is 0.0213. The number of rotatable bonds is 13. The average Bonchev–Trinajstić information content (AvgIpc) is 3.47. The Labute approximate surface area is 237 Å². The second-order valence-corrected chi connectivity index (χ2v) is 10.9. The Hall–Kier alpha value is -4.33. The number of ether oxygens (including phenoxy) is 4. The van der Waals surface area contributed by atoms with Gasteiger partial charge in [0.05, 0.1) is 12.0 Å². The maximum atomic E-state index is 13.9. The topological polar surface area (TPSA) is 153 Å². The molecule has 0 aromatic heterocycles. The number of methoxy groups -OCH3 is 1. The molecule has 41 heavy (non-hydrogen) atoms. The van der Waals surface area contributed by atoms with E-state index < -0.39 is 28.1 Å². The summed E-state index contributed by atoms with van der Waals surface area (Å²) in [6, 6.07) is 18.5. The lowest BCUT2D eigenvalue weighted by Gasteiger charge is -2.30. The van der Waals surface area contributed by atoms with Crippen LogP contribution in [-0.4, -0.2) is 56.4 Å². The summed E-state index contributed by atoms with van der Waals surface area (Å²) in [4.78, 5) is 24.9. The number of hydrogen-bond acceptors (Lipinski definition) is 9. The van der Waals surface area contributed by atoms with Gasteiger partial charge in [-0.2, -0.15) is 4.31 Å². The molecule has 1 heterocycles. The molecule has 0 unspecified atom stereocenters. The summed E-state index contributed by atoms with van der Waals surface area (Å²) >= 11 is 0. The van der Waals surface area contributed by atoms with Gasteiger partial charge in [-0.1, -0.05) is 36.4 Å². The zero-order valence-electron chi connectivity index (χ0n) is 22.3. The smallest absolute Gasteiger partial charge is 0.407 e. The molecule has 4 rings (SSSR count). The maximum absolute atomic E-state index is 13.9. The number of carbonyl (C=O) groups excluding carboxylic acids is 2. The van der Waals surface area contributed by atoms with E-state index in [0.29, 0.717) is 22.8 Å². The molecule has 3 aromatic carbocycles. The van der Waals surface area contributed by atoms with Crippen molar-refractivity contribution >= 4 is 22.0 Å². The molecule has 1 aliphatic rings. The van der Waals surface area contributed by atoms with Crippen LogP contribution in [0.15, 0.2) is 77.7 Å². The second-order valence-electron chi connectivity index (χ2n) is 9.04. The zero-order valence-corrected chi connectivity index (χ0v) is 23.1. The van der Waals surface area contributed by atoms with Crippen LogP contribution in [0.5, 0.6) is 17.2 Å². The van der Waals surface area contributed by atoms with E-state index in [1.54, 1.807) is 23.7 Å². The molecular formula is C28H31N3O9S. The van der Waals surface area contributed by atoms with Crippen molar-refractivity contribution in [3.8, 4) is 17.2 Å². The summed E-state index contributed by atoms with van der Waals surface area (Å²) in [6.07, 6.45) is -0.473. The van der Waals surface area contributed by atoms with Gasteiger partial charge in [-0.15, -0.1) is 0 Å². The molecular weight excluding hydrogens is 554 g/mol. The highest BCUT2D eigenvalue weighted by Crippen LogP contribution is 2.34. The standard InChI is InChI=1S/C28H31N3O9S/c1-37-22-10-12-23(13-11-22)41(35,36)31(17-21-9-14-25-26(16-21)40-19-39-25)24(27(32)30-34)8-5-15-29-28(33)38-18-20-6-3-2-4-7-20/h2-4,6-7,9-14,16,24,34H,5,8,15,17-19H2,1H3,(H,29,33)(H,30,32)/t24-/m1/s1. The van der Waals surface area contributed by atoms with Crippen molar-refractivity contribution in [2.45, 2.75) is 36.9 Å². The Morgan fingerprint density at radius 2 is 1.73 bits per heavy atom. The minimum atomic E-state index is -4.26. The Balaban J connectivity index is 1.50. The third-order valence-electron chi connectivity index (χ3n) is 6.34. The van der Waals surface area contributed by atoms with Crippen LogP contribution in [0, 0.1) is 0 Å². The van der Waals surface area contributed by atoms with Crippen LogP contribution >= 0.6 is 0 Å².